The number of hydrogen-bond acceptors (Lipinski definition) is 1. The zero-order valence-corrected chi connectivity index (χ0v) is 12.3. The predicted octanol–water partition coefficient (Wildman–Crippen LogP) is 4.54. The summed E-state index contributed by atoms with van der Waals surface area (Å²) in [5, 5.41) is 0. The monoisotopic (exact) mass is 319 g/mol. The van der Waals surface area contributed by atoms with Crippen LogP contribution >= 0.6 is 15.9 Å². The first kappa shape index (κ1) is 12.7. The Bertz CT molecular complexity index is 611. The molecule has 0 aliphatic carbocycles. The Balaban J connectivity index is 1.93. The largest absolute Gasteiger partial charge is 0.364 e. The van der Waals surface area contributed by atoms with Crippen LogP contribution < -0.4 is 4.90 Å². The molecule has 0 radical (unpaired) electrons. The third-order valence-corrected chi connectivity index (χ3v) is 4.61. The minimum Gasteiger partial charge on any atom is -0.364 e. The van der Waals surface area contributed by atoms with E-state index in [2.05, 4.69) is 52.0 Å². The van der Waals surface area contributed by atoms with Crippen LogP contribution in [0.15, 0.2) is 46.9 Å². The van der Waals surface area contributed by atoms with Crippen LogP contribution in [0.4, 0.5) is 10.1 Å². The van der Waals surface area contributed by atoms with Crippen LogP contribution in [0, 0.1) is 5.82 Å². The maximum atomic E-state index is 13.6. The van der Waals surface area contributed by atoms with E-state index in [0.717, 1.165) is 18.5 Å². The van der Waals surface area contributed by atoms with Crippen molar-refractivity contribution >= 4 is 21.6 Å². The second-order valence-corrected chi connectivity index (χ2v) is 5.82. The number of benzene rings is 2. The Hall–Kier alpha value is -1.35. The van der Waals surface area contributed by atoms with E-state index >= 15 is 0 Å². The molecule has 0 N–H and O–H groups in total. The number of halogens is 2. The van der Waals surface area contributed by atoms with Crippen molar-refractivity contribution in [2.24, 2.45) is 0 Å². The van der Waals surface area contributed by atoms with Crippen molar-refractivity contribution in [3.05, 3.63) is 63.9 Å². The van der Waals surface area contributed by atoms with Crippen LogP contribution in [0.1, 0.15) is 18.1 Å². The van der Waals surface area contributed by atoms with Crippen LogP contribution in [0.25, 0.3) is 0 Å². The standard InChI is InChI=1S/C16H15BrFN/c1-11-9-12-5-2-3-8-15(12)19(11)10-13-6-4-7-14(18)16(13)17/h2-8,11H,9-10H2,1H3. The summed E-state index contributed by atoms with van der Waals surface area (Å²) in [5.41, 5.74) is 3.64. The van der Waals surface area contributed by atoms with Gasteiger partial charge in [-0.2, -0.15) is 0 Å². The van der Waals surface area contributed by atoms with E-state index in [4.69, 9.17) is 0 Å². The lowest BCUT2D eigenvalue weighted by molar-refractivity contribution is 0.613. The first-order chi connectivity index (χ1) is 9.16. The van der Waals surface area contributed by atoms with Gasteiger partial charge in [0.2, 0.25) is 0 Å². The minimum atomic E-state index is -0.197. The minimum absolute atomic E-state index is 0.197. The van der Waals surface area contributed by atoms with E-state index in [0.29, 0.717) is 10.5 Å². The second-order valence-electron chi connectivity index (χ2n) is 5.02. The van der Waals surface area contributed by atoms with Crippen molar-refractivity contribution in [3.63, 3.8) is 0 Å². The molecule has 1 unspecified atom stereocenters. The predicted molar refractivity (Wildman–Crippen MR) is 79.9 cm³/mol. The SMILES string of the molecule is CC1Cc2ccccc2N1Cc1cccc(F)c1Br. The highest BCUT2D eigenvalue weighted by atomic mass is 79.9. The zero-order chi connectivity index (χ0) is 13.4. The molecule has 0 amide bonds. The van der Waals surface area contributed by atoms with Crippen LogP contribution in [0.2, 0.25) is 0 Å². The number of hydrogen-bond donors (Lipinski definition) is 0. The molecule has 19 heavy (non-hydrogen) atoms. The summed E-state index contributed by atoms with van der Waals surface area (Å²) in [4.78, 5) is 2.34. The van der Waals surface area contributed by atoms with Crippen LogP contribution in [0.5, 0.6) is 0 Å². The Morgan fingerprint density at radius 3 is 2.84 bits per heavy atom. The molecular weight excluding hydrogens is 305 g/mol. The van der Waals surface area contributed by atoms with Gasteiger partial charge in [0.1, 0.15) is 5.82 Å². The number of rotatable bonds is 2. The van der Waals surface area contributed by atoms with Gasteiger partial charge in [-0.05, 0) is 52.5 Å². The van der Waals surface area contributed by atoms with E-state index in [1.165, 1.54) is 17.3 Å². The van der Waals surface area contributed by atoms with Gasteiger partial charge in [0.25, 0.3) is 0 Å². The molecule has 0 bridgehead atoms. The Morgan fingerprint density at radius 2 is 2.00 bits per heavy atom. The van der Waals surface area contributed by atoms with Crippen molar-refractivity contribution < 1.29 is 4.39 Å². The van der Waals surface area contributed by atoms with E-state index in [9.17, 15) is 4.39 Å². The third-order valence-electron chi connectivity index (χ3n) is 3.72. The fourth-order valence-electron chi connectivity index (χ4n) is 2.72. The Labute approximate surface area is 121 Å². The van der Waals surface area contributed by atoms with Crippen molar-refractivity contribution in [1.82, 2.24) is 0 Å². The molecule has 98 valence electrons. The van der Waals surface area contributed by atoms with Crippen LogP contribution in [-0.4, -0.2) is 6.04 Å². The highest BCUT2D eigenvalue weighted by Crippen LogP contribution is 2.34. The number of anilines is 1. The van der Waals surface area contributed by atoms with E-state index in [1.807, 2.05) is 6.07 Å². The molecule has 1 nitrogen and oxygen atoms in total. The lowest BCUT2D eigenvalue weighted by atomic mass is 10.1. The van der Waals surface area contributed by atoms with E-state index in [1.54, 1.807) is 6.07 Å². The average Bonchev–Trinajstić information content (AvgIpc) is 2.72. The normalized spacial score (nSPS) is 17.6. The summed E-state index contributed by atoms with van der Waals surface area (Å²) in [6, 6.07) is 14.1. The summed E-state index contributed by atoms with van der Waals surface area (Å²) >= 11 is 3.35. The van der Waals surface area contributed by atoms with Crippen molar-refractivity contribution in [2.45, 2.75) is 25.9 Å². The zero-order valence-electron chi connectivity index (χ0n) is 10.7. The van der Waals surface area contributed by atoms with Gasteiger partial charge in [-0.15, -0.1) is 0 Å². The van der Waals surface area contributed by atoms with Gasteiger partial charge in [-0.3, -0.25) is 0 Å². The molecule has 0 saturated carbocycles. The van der Waals surface area contributed by atoms with Crippen molar-refractivity contribution in [1.29, 1.82) is 0 Å². The average molecular weight is 320 g/mol. The van der Waals surface area contributed by atoms with Gasteiger partial charge >= 0.3 is 0 Å². The van der Waals surface area contributed by atoms with Crippen LogP contribution in [0.3, 0.4) is 0 Å². The number of fused-ring (bicyclic) bond motifs is 1. The topological polar surface area (TPSA) is 3.24 Å². The first-order valence-corrected chi connectivity index (χ1v) is 7.23. The number of nitrogens with zero attached hydrogens (tertiary/aromatic N) is 1. The van der Waals surface area contributed by atoms with Gasteiger partial charge in [0.15, 0.2) is 0 Å². The lowest BCUT2D eigenvalue weighted by Gasteiger charge is -2.25. The highest BCUT2D eigenvalue weighted by molar-refractivity contribution is 9.10. The van der Waals surface area contributed by atoms with Crippen molar-refractivity contribution in [3.8, 4) is 0 Å². The maximum absolute atomic E-state index is 13.6. The molecule has 1 atom stereocenters. The first-order valence-electron chi connectivity index (χ1n) is 6.44. The van der Waals surface area contributed by atoms with E-state index < -0.39 is 0 Å². The molecule has 0 aromatic heterocycles. The molecule has 2 aromatic carbocycles. The highest BCUT2D eigenvalue weighted by Gasteiger charge is 2.26. The van der Waals surface area contributed by atoms with Gasteiger partial charge in [-0.25, -0.2) is 4.39 Å². The maximum Gasteiger partial charge on any atom is 0.137 e. The molecule has 1 aliphatic rings. The molecule has 1 aliphatic heterocycles. The summed E-state index contributed by atoms with van der Waals surface area (Å²) in [5.74, 6) is -0.197. The smallest absolute Gasteiger partial charge is 0.137 e. The van der Waals surface area contributed by atoms with Crippen LogP contribution in [-0.2, 0) is 13.0 Å². The molecule has 2 aromatic rings. The van der Waals surface area contributed by atoms with Gasteiger partial charge in [0.05, 0.1) is 4.47 Å². The second kappa shape index (κ2) is 4.97. The summed E-state index contributed by atoms with van der Waals surface area (Å²) in [6.45, 7) is 2.95. The summed E-state index contributed by atoms with van der Waals surface area (Å²) in [6.07, 6.45) is 1.06. The van der Waals surface area contributed by atoms with E-state index in [-0.39, 0.29) is 5.82 Å². The summed E-state index contributed by atoms with van der Waals surface area (Å²) in [7, 11) is 0. The van der Waals surface area contributed by atoms with Crippen molar-refractivity contribution in [2.75, 3.05) is 4.90 Å². The molecule has 1 heterocycles. The Morgan fingerprint density at radius 1 is 1.21 bits per heavy atom. The molecule has 3 rings (SSSR count). The fraction of sp³-hybridized carbons (Fsp3) is 0.250. The molecular formula is C16H15BrFN. The molecule has 0 saturated heterocycles. The lowest BCUT2D eigenvalue weighted by Crippen LogP contribution is -2.28. The van der Waals surface area contributed by atoms with Gasteiger partial charge in [0, 0.05) is 18.3 Å². The molecule has 0 spiro atoms. The summed E-state index contributed by atoms with van der Waals surface area (Å²) < 4.78 is 14.2. The Kier molecular flexibility index (Phi) is 3.31. The molecule has 0 fully saturated rings. The van der Waals surface area contributed by atoms with Gasteiger partial charge < -0.3 is 4.90 Å². The fourth-order valence-corrected chi connectivity index (χ4v) is 3.11. The number of para-hydroxylation sites is 1. The quantitative estimate of drug-likeness (QED) is 0.785. The van der Waals surface area contributed by atoms with Gasteiger partial charge in [-0.1, -0.05) is 30.3 Å². The third kappa shape index (κ3) is 2.27. The molecule has 3 heteroatoms.